The first-order chi connectivity index (χ1) is 14.1. The van der Waals surface area contributed by atoms with E-state index in [9.17, 15) is 0 Å². The molecule has 1 aromatic carbocycles. The van der Waals surface area contributed by atoms with Crippen LogP contribution < -0.4 is 4.90 Å². The molecule has 0 N–H and O–H groups in total. The normalized spacial score (nSPS) is 23.1. The zero-order valence-corrected chi connectivity index (χ0v) is 18.1. The molecule has 0 amide bonds. The molecule has 0 bridgehead atoms. The quantitative estimate of drug-likeness (QED) is 0.667. The van der Waals surface area contributed by atoms with E-state index in [1.165, 1.54) is 25.8 Å². The average Bonchev–Trinajstić information content (AvgIpc) is 3.24. The van der Waals surface area contributed by atoms with Gasteiger partial charge >= 0.3 is 0 Å². The Labute approximate surface area is 182 Å². The molecule has 1 saturated carbocycles. The molecule has 2 heterocycles. The van der Waals surface area contributed by atoms with E-state index in [2.05, 4.69) is 27.0 Å². The summed E-state index contributed by atoms with van der Waals surface area (Å²) in [7, 11) is 0. The van der Waals surface area contributed by atoms with Crippen LogP contribution in [-0.4, -0.2) is 47.4 Å². The number of nitrogens with zero attached hydrogens (tertiary/aromatic N) is 5. The zero-order chi connectivity index (χ0) is 20.2. The molecule has 1 saturated heterocycles. The Morgan fingerprint density at radius 3 is 2.52 bits per heavy atom. The molecule has 1 aromatic heterocycles. The van der Waals surface area contributed by atoms with E-state index >= 15 is 0 Å². The zero-order valence-electron chi connectivity index (χ0n) is 16.6. The van der Waals surface area contributed by atoms with Crippen molar-refractivity contribution in [2.75, 3.05) is 37.6 Å². The van der Waals surface area contributed by atoms with Gasteiger partial charge in [-0.05, 0) is 56.7 Å². The van der Waals surface area contributed by atoms with Gasteiger partial charge in [-0.2, -0.15) is 10.4 Å². The summed E-state index contributed by atoms with van der Waals surface area (Å²) in [4.78, 5) is 4.92. The third-order valence-electron chi connectivity index (χ3n) is 6.42. The van der Waals surface area contributed by atoms with Crippen LogP contribution >= 0.6 is 23.2 Å². The first-order valence-electron chi connectivity index (χ1n) is 10.5. The Morgan fingerprint density at radius 1 is 1.07 bits per heavy atom. The fourth-order valence-corrected chi connectivity index (χ4v) is 5.02. The standard InChI is InChI=1S/C22H27Cl2N5/c23-20-2-1-3-21(22(20)24)28-12-10-27(11-13-28)9-8-17-4-6-19(7-5-17)29-16-18(14-25)15-26-29/h1-3,15-17,19H,4-13H2. The van der Waals surface area contributed by atoms with Gasteiger partial charge in [0.25, 0.3) is 0 Å². The molecule has 4 rings (SSSR count). The molecule has 2 fully saturated rings. The van der Waals surface area contributed by atoms with E-state index in [4.69, 9.17) is 28.5 Å². The van der Waals surface area contributed by atoms with Gasteiger partial charge in [-0.15, -0.1) is 0 Å². The second-order valence-corrected chi connectivity index (χ2v) is 8.97. The predicted molar refractivity (Wildman–Crippen MR) is 118 cm³/mol. The van der Waals surface area contributed by atoms with Crippen LogP contribution in [0.25, 0.3) is 0 Å². The number of nitriles is 1. The van der Waals surface area contributed by atoms with E-state index in [1.54, 1.807) is 6.20 Å². The van der Waals surface area contributed by atoms with Gasteiger partial charge in [0, 0.05) is 32.4 Å². The van der Waals surface area contributed by atoms with Crippen LogP contribution in [0.4, 0.5) is 5.69 Å². The molecule has 0 radical (unpaired) electrons. The lowest BCUT2D eigenvalue weighted by atomic mass is 9.84. The lowest BCUT2D eigenvalue weighted by Crippen LogP contribution is -2.47. The molecule has 0 unspecified atom stereocenters. The van der Waals surface area contributed by atoms with Gasteiger partial charge in [0.15, 0.2) is 0 Å². The summed E-state index contributed by atoms with van der Waals surface area (Å²) in [5, 5.41) is 14.6. The van der Waals surface area contributed by atoms with Crippen molar-refractivity contribution in [2.24, 2.45) is 5.92 Å². The molecule has 2 aliphatic rings. The van der Waals surface area contributed by atoms with Gasteiger partial charge in [0.05, 0.1) is 33.5 Å². The minimum absolute atomic E-state index is 0.458. The summed E-state index contributed by atoms with van der Waals surface area (Å²) in [5.41, 5.74) is 1.71. The van der Waals surface area contributed by atoms with Gasteiger partial charge in [-0.1, -0.05) is 29.3 Å². The lowest BCUT2D eigenvalue weighted by molar-refractivity contribution is 0.201. The molecular formula is C22H27Cl2N5. The van der Waals surface area contributed by atoms with Crippen LogP contribution in [0.1, 0.15) is 43.7 Å². The summed E-state index contributed by atoms with van der Waals surface area (Å²) in [6.07, 6.45) is 9.66. The minimum atomic E-state index is 0.458. The third-order valence-corrected chi connectivity index (χ3v) is 7.23. The number of piperazine rings is 1. The van der Waals surface area contributed by atoms with Gasteiger partial charge in [0.1, 0.15) is 6.07 Å². The summed E-state index contributed by atoms with van der Waals surface area (Å²) in [6.45, 7) is 5.30. The number of hydrogen-bond donors (Lipinski definition) is 0. The van der Waals surface area contributed by atoms with Crippen molar-refractivity contribution in [3.8, 4) is 6.07 Å². The lowest BCUT2D eigenvalue weighted by Gasteiger charge is -2.37. The Morgan fingerprint density at radius 2 is 1.83 bits per heavy atom. The Bertz CT molecular complexity index is 858. The maximum absolute atomic E-state index is 8.97. The van der Waals surface area contributed by atoms with Crippen molar-refractivity contribution in [1.82, 2.24) is 14.7 Å². The smallest absolute Gasteiger partial charge is 0.102 e. The highest BCUT2D eigenvalue weighted by atomic mass is 35.5. The van der Waals surface area contributed by atoms with Crippen LogP contribution in [0.5, 0.6) is 0 Å². The molecule has 29 heavy (non-hydrogen) atoms. The number of benzene rings is 1. The van der Waals surface area contributed by atoms with Crippen LogP contribution in [-0.2, 0) is 0 Å². The molecule has 7 heteroatoms. The fraction of sp³-hybridized carbons (Fsp3) is 0.545. The number of hydrogen-bond acceptors (Lipinski definition) is 4. The molecule has 0 atom stereocenters. The van der Waals surface area contributed by atoms with E-state index in [1.807, 2.05) is 23.0 Å². The van der Waals surface area contributed by atoms with E-state index in [0.29, 0.717) is 21.7 Å². The second-order valence-electron chi connectivity index (χ2n) is 8.19. The fourth-order valence-electron chi connectivity index (χ4n) is 4.61. The molecule has 5 nitrogen and oxygen atoms in total. The van der Waals surface area contributed by atoms with Gasteiger partial charge in [-0.25, -0.2) is 0 Å². The summed E-state index contributed by atoms with van der Waals surface area (Å²) >= 11 is 12.5. The van der Waals surface area contributed by atoms with E-state index in [-0.39, 0.29) is 0 Å². The van der Waals surface area contributed by atoms with E-state index in [0.717, 1.165) is 50.6 Å². The summed E-state index contributed by atoms with van der Waals surface area (Å²) in [5.74, 6) is 0.803. The van der Waals surface area contributed by atoms with Crippen LogP contribution in [0.2, 0.25) is 10.0 Å². The van der Waals surface area contributed by atoms with Crippen molar-refractivity contribution in [3.05, 3.63) is 46.2 Å². The van der Waals surface area contributed by atoms with Crippen molar-refractivity contribution in [1.29, 1.82) is 5.26 Å². The first kappa shape index (κ1) is 20.5. The summed E-state index contributed by atoms with van der Waals surface area (Å²) in [6, 6.07) is 8.49. The third kappa shape index (κ3) is 4.88. The van der Waals surface area contributed by atoms with Crippen molar-refractivity contribution < 1.29 is 0 Å². The summed E-state index contributed by atoms with van der Waals surface area (Å²) < 4.78 is 2.00. The van der Waals surface area contributed by atoms with Crippen LogP contribution in [0.3, 0.4) is 0 Å². The molecule has 154 valence electrons. The van der Waals surface area contributed by atoms with Crippen molar-refractivity contribution in [3.63, 3.8) is 0 Å². The van der Waals surface area contributed by atoms with Crippen molar-refractivity contribution >= 4 is 28.9 Å². The van der Waals surface area contributed by atoms with Crippen LogP contribution in [0.15, 0.2) is 30.6 Å². The largest absolute Gasteiger partial charge is 0.368 e. The Kier molecular flexibility index (Phi) is 6.64. The second kappa shape index (κ2) is 9.38. The van der Waals surface area contributed by atoms with Gasteiger partial charge < -0.3 is 4.90 Å². The Balaban J connectivity index is 1.19. The average molecular weight is 432 g/mol. The molecule has 1 aliphatic heterocycles. The molecular weight excluding hydrogens is 405 g/mol. The highest BCUT2D eigenvalue weighted by Crippen LogP contribution is 2.35. The number of halogens is 2. The van der Waals surface area contributed by atoms with E-state index < -0.39 is 0 Å². The monoisotopic (exact) mass is 431 g/mol. The van der Waals surface area contributed by atoms with Gasteiger partial charge in [-0.3, -0.25) is 9.58 Å². The Hall–Kier alpha value is -1.74. The number of aromatic nitrogens is 2. The molecule has 0 spiro atoms. The number of anilines is 1. The highest BCUT2D eigenvalue weighted by Gasteiger charge is 2.25. The van der Waals surface area contributed by atoms with Crippen LogP contribution in [0, 0.1) is 17.2 Å². The molecule has 1 aliphatic carbocycles. The first-order valence-corrected chi connectivity index (χ1v) is 11.2. The maximum atomic E-state index is 8.97. The van der Waals surface area contributed by atoms with Crippen molar-refractivity contribution in [2.45, 2.75) is 38.1 Å². The van der Waals surface area contributed by atoms with Gasteiger partial charge in [0.2, 0.25) is 0 Å². The molecule has 2 aromatic rings. The maximum Gasteiger partial charge on any atom is 0.102 e. The SMILES string of the molecule is N#Cc1cnn(C2CCC(CCN3CCN(c4cccc(Cl)c4Cl)CC3)CC2)c1. The number of rotatable bonds is 5. The highest BCUT2D eigenvalue weighted by molar-refractivity contribution is 6.43. The topological polar surface area (TPSA) is 48.1 Å². The minimum Gasteiger partial charge on any atom is -0.368 e. The predicted octanol–water partition coefficient (Wildman–Crippen LogP) is 5.01.